The number of aliphatic imine (C=N–C) groups is 1. The molecule has 32 heavy (non-hydrogen) atoms. The van der Waals surface area contributed by atoms with Gasteiger partial charge in [-0.05, 0) is 42.7 Å². The fourth-order valence-corrected chi connectivity index (χ4v) is 4.02. The van der Waals surface area contributed by atoms with E-state index in [1.54, 1.807) is 6.07 Å². The van der Waals surface area contributed by atoms with Crippen molar-refractivity contribution in [3.05, 3.63) is 71.7 Å². The van der Waals surface area contributed by atoms with E-state index in [9.17, 15) is 12.8 Å². The molecule has 3 aromatic rings. The van der Waals surface area contributed by atoms with Crippen LogP contribution in [0.2, 0.25) is 0 Å². The van der Waals surface area contributed by atoms with Crippen LogP contribution in [0.25, 0.3) is 10.9 Å². The number of rotatable bonds is 10. The third-order valence-electron chi connectivity index (χ3n) is 4.73. The zero-order valence-electron chi connectivity index (χ0n) is 17.9. The van der Waals surface area contributed by atoms with Crippen LogP contribution >= 0.6 is 24.0 Å². The smallest absolute Gasteiger partial charge is 0.213 e. The van der Waals surface area contributed by atoms with E-state index in [1.807, 2.05) is 43.5 Å². The second kappa shape index (κ2) is 12.8. The Morgan fingerprint density at radius 3 is 2.66 bits per heavy atom. The monoisotopic (exact) mass is 573 g/mol. The van der Waals surface area contributed by atoms with Gasteiger partial charge in [0.15, 0.2) is 5.96 Å². The fourth-order valence-electron chi connectivity index (χ4n) is 3.15. The molecular weight excluding hydrogens is 544 g/mol. The number of nitrogens with one attached hydrogen (secondary N) is 4. The molecule has 4 N–H and O–H groups in total. The molecule has 10 heteroatoms. The molecule has 7 nitrogen and oxygen atoms in total. The lowest BCUT2D eigenvalue weighted by atomic mass is 10.1. The molecule has 0 saturated heterocycles. The second-order valence-corrected chi connectivity index (χ2v) is 8.99. The van der Waals surface area contributed by atoms with Gasteiger partial charge in [-0.1, -0.05) is 30.3 Å². The Kier molecular flexibility index (Phi) is 10.4. The number of guanidine groups is 1. The van der Waals surface area contributed by atoms with E-state index < -0.39 is 10.0 Å². The molecule has 174 valence electrons. The van der Waals surface area contributed by atoms with E-state index >= 15 is 0 Å². The van der Waals surface area contributed by atoms with Crippen molar-refractivity contribution < 1.29 is 12.8 Å². The zero-order valence-corrected chi connectivity index (χ0v) is 21.0. The van der Waals surface area contributed by atoms with Crippen LogP contribution in [0.4, 0.5) is 4.39 Å². The van der Waals surface area contributed by atoms with Crippen LogP contribution < -0.4 is 15.4 Å². The number of H-pyrrole nitrogens is 1. The van der Waals surface area contributed by atoms with E-state index in [1.165, 1.54) is 12.1 Å². The van der Waals surface area contributed by atoms with Gasteiger partial charge in [0, 0.05) is 36.7 Å². The molecule has 0 spiro atoms. The largest absolute Gasteiger partial charge is 0.361 e. The number of halogens is 2. The van der Waals surface area contributed by atoms with Gasteiger partial charge in [-0.2, -0.15) is 0 Å². The van der Waals surface area contributed by atoms with Crippen molar-refractivity contribution >= 4 is 50.9 Å². The predicted octanol–water partition coefficient (Wildman–Crippen LogP) is 3.14. The first-order valence-electron chi connectivity index (χ1n) is 10.3. The summed E-state index contributed by atoms with van der Waals surface area (Å²) in [6.45, 7) is 3.57. The number of benzene rings is 2. The van der Waals surface area contributed by atoms with Gasteiger partial charge in [0.2, 0.25) is 10.0 Å². The Morgan fingerprint density at radius 1 is 1.12 bits per heavy atom. The molecular formula is C22H29FIN5O2S. The molecule has 1 heterocycles. The van der Waals surface area contributed by atoms with Crippen molar-refractivity contribution in [1.82, 2.24) is 20.3 Å². The SMILES string of the molecule is CCNC(=NCCS(=O)(=O)NCc1ccccc1)NCCc1c[nH]c2ccc(F)cc12.I. The highest BCUT2D eigenvalue weighted by molar-refractivity contribution is 14.0. The number of aromatic nitrogens is 1. The van der Waals surface area contributed by atoms with Gasteiger partial charge in [-0.15, -0.1) is 24.0 Å². The maximum Gasteiger partial charge on any atom is 0.213 e. The normalized spacial score (nSPS) is 11.9. The summed E-state index contributed by atoms with van der Waals surface area (Å²) in [5.41, 5.74) is 2.80. The summed E-state index contributed by atoms with van der Waals surface area (Å²) in [6.07, 6.45) is 2.55. The van der Waals surface area contributed by atoms with E-state index in [-0.39, 0.29) is 48.6 Å². The van der Waals surface area contributed by atoms with Crippen LogP contribution in [0.15, 0.2) is 59.7 Å². The predicted molar refractivity (Wildman–Crippen MR) is 138 cm³/mol. The Bertz CT molecular complexity index is 1120. The second-order valence-electron chi connectivity index (χ2n) is 7.07. The van der Waals surface area contributed by atoms with Crippen LogP contribution in [0.1, 0.15) is 18.1 Å². The van der Waals surface area contributed by atoms with Gasteiger partial charge >= 0.3 is 0 Å². The number of hydrogen-bond donors (Lipinski definition) is 4. The third kappa shape index (κ3) is 8.06. The summed E-state index contributed by atoms with van der Waals surface area (Å²) in [5.74, 6) is 0.183. The molecule has 0 aliphatic rings. The molecule has 0 bridgehead atoms. The average Bonchev–Trinajstić information content (AvgIpc) is 3.15. The number of sulfonamides is 1. The lowest BCUT2D eigenvalue weighted by molar-refractivity contribution is 0.581. The molecule has 0 radical (unpaired) electrons. The van der Waals surface area contributed by atoms with Crippen molar-refractivity contribution in [3.63, 3.8) is 0 Å². The van der Waals surface area contributed by atoms with Crippen molar-refractivity contribution in [3.8, 4) is 0 Å². The highest BCUT2D eigenvalue weighted by atomic mass is 127. The molecule has 0 unspecified atom stereocenters. The van der Waals surface area contributed by atoms with E-state index in [0.29, 0.717) is 25.5 Å². The molecule has 0 atom stereocenters. The topological polar surface area (TPSA) is 98.4 Å². The van der Waals surface area contributed by atoms with Crippen LogP contribution in [-0.2, 0) is 23.0 Å². The van der Waals surface area contributed by atoms with Gasteiger partial charge in [-0.3, -0.25) is 4.99 Å². The Hall–Kier alpha value is -2.18. The first-order chi connectivity index (χ1) is 15.0. The van der Waals surface area contributed by atoms with Crippen LogP contribution in [-0.4, -0.2) is 44.7 Å². The highest BCUT2D eigenvalue weighted by Crippen LogP contribution is 2.19. The van der Waals surface area contributed by atoms with Gasteiger partial charge in [0.05, 0.1) is 12.3 Å². The fraction of sp³-hybridized carbons (Fsp3) is 0.318. The van der Waals surface area contributed by atoms with Crippen molar-refractivity contribution in [2.45, 2.75) is 19.9 Å². The van der Waals surface area contributed by atoms with Gasteiger partial charge in [0.25, 0.3) is 0 Å². The average molecular weight is 573 g/mol. The maximum atomic E-state index is 13.5. The number of nitrogens with zero attached hydrogens (tertiary/aromatic N) is 1. The molecule has 2 aromatic carbocycles. The van der Waals surface area contributed by atoms with Gasteiger partial charge < -0.3 is 15.6 Å². The summed E-state index contributed by atoms with van der Waals surface area (Å²) in [7, 11) is -3.43. The Morgan fingerprint density at radius 2 is 1.91 bits per heavy atom. The van der Waals surface area contributed by atoms with Crippen LogP contribution in [0, 0.1) is 5.82 Å². The summed E-state index contributed by atoms with van der Waals surface area (Å²) >= 11 is 0. The van der Waals surface area contributed by atoms with Gasteiger partial charge in [-0.25, -0.2) is 17.5 Å². The van der Waals surface area contributed by atoms with Crippen molar-refractivity contribution in [2.24, 2.45) is 4.99 Å². The molecule has 3 rings (SSSR count). The van der Waals surface area contributed by atoms with E-state index in [0.717, 1.165) is 22.0 Å². The van der Waals surface area contributed by atoms with Crippen LogP contribution in [0.3, 0.4) is 0 Å². The first-order valence-corrected chi connectivity index (χ1v) is 11.9. The first kappa shape index (κ1) is 26.1. The molecule has 1 aromatic heterocycles. The Labute approximate surface area is 205 Å². The summed E-state index contributed by atoms with van der Waals surface area (Å²) in [4.78, 5) is 7.50. The molecule has 0 aliphatic carbocycles. The quantitative estimate of drug-likeness (QED) is 0.170. The minimum atomic E-state index is -3.43. The number of hydrogen-bond acceptors (Lipinski definition) is 3. The standard InChI is InChI=1S/C22H28FN5O2S.HI/c1-2-24-22(25-11-10-18-16-27-21-9-8-19(23)14-20(18)21)26-12-13-31(29,30)28-15-17-6-4-3-5-7-17;/h3-9,14,16,27-28H,2,10-13,15H2,1H3,(H2,24,25,26);1H. The van der Waals surface area contributed by atoms with Gasteiger partial charge in [0.1, 0.15) is 5.82 Å². The van der Waals surface area contributed by atoms with Crippen molar-refractivity contribution in [1.29, 1.82) is 0 Å². The summed E-state index contributed by atoms with van der Waals surface area (Å²) < 4.78 is 40.5. The summed E-state index contributed by atoms with van der Waals surface area (Å²) in [6, 6.07) is 14.0. The lowest BCUT2D eigenvalue weighted by Gasteiger charge is -2.11. The highest BCUT2D eigenvalue weighted by Gasteiger charge is 2.10. The van der Waals surface area contributed by atoms with Crippen LogP contribution in [0.5, 0.6) is 0 Å². The zero-order chi connectivity index (χ0) is 22.1. The minimum Gasteiger partial charge on any atom is -0.361 e. The molecule has 0 saturated carbocycles. The third-order valence-corrected chi connectivity index (χ3v) is 6.03. The lowest BCUT2D eigenvalue weighted by Crippen LogP contribution is -2.39. The number of aromatic amines is 1. The maximum absolute atomic E-state index is 13.5. The number of fused-ring (bicyclic) bond motifs is 1. The van der Waals surface area contributed by atoms with Crippen molar-refractivity contribution in [2.75, 3.05) is 25.4 Å². The van der Waals surface area contributed by atoms with E-state index in [4.69, 9.17) is 0 Å². The minimum absolute atomic E-state index is 0. The Balaban J connectivity index is 0.00000363. The molecule has 0 amide bonds. The molecule has 0 fully saturated rings. The van der Waals surface area contributed by atoms with E-state index in [2.05, 4.69) is 25.3 Å². The summed E-state index contributed by atoms with van der Waals surface area (Å²) in [5, 5.41) is 7.17. The molecule has 0 aliphatic heterocycles.